The molecule has 0 spiro atoms. The van der Waals surface area contributed by atoms with E-state index >= 15 is 0 Å². The van der Waals surface area contributed by atoms with E-state index < -0.39 is 0 Å². The van der Waals surface area contributed by atoms with E-state index in [0.29, 0.717) is 59.4 Å². The van der Waals surface area contributed by atoms with Gasteiger partial charge in [0.15, 0.2) is 16.7 Å². The van der Waals surface area contributed by atoms with Gasteiger partial charge in [-0.25, -0.2) is 4.99 Å². The van der Waals surface area contributed by atoms with Crippen molar-refractivity contribution in [2.24, 2.45) is 4.99 Å². The average Bonchev–Trinajstić information content (AvgIpc) is 3.18. The summed E-state index contributed by atoms with van der Waals surface area (Å²) in [5.74, 6) is 0.912. The Balaban J connectivity index is 1.61. The lowest BCUT2D eigenvalue weighted by molar-refractivity contribution is -0.122. The van der Waals surface area contributed by atoms with Crippen LogP contribution in [0.15, 0.2) is 76.6 Å². The van der Waals surface area contributed by atoms with Crippen LogP contribution in [0.4, 0.5) is 5.69 Å². The fraction of sp³-hybridized carbons (Fsp3) is 0.267. The molecule has 0 unspecified atom stereocenters. The predicted molar refractivity (Wildman–Crippen MR) is 155 cm³/mol. The molecule has 0 saturated carbocycles. The molecule has 0 N–H and O–H groups in total. The van der Waals surface area contributed by atoms with Gasteiger partial charge in [-0.15, -0.1) is 0 Å². The fourth-order valence-corrected chi connectivity index (χ4v) is 5.25. The quantitative estimate of drug-likeness (QED) is 0.186. The normalized spacial score (nSPS) is 15.5. The van der Waals surface area contributed by atoms with Crippen molar-refractivity contribution in [1.29, 1.82) is 0 Å². The first-order valence-corrected chi connectivity index (χ1v) is 13.7. The maximum atomic E-state index is 13.4. The van der Waals surface area contributed by atoms with Crippen LogP contribution in [0.5, 0.6) is 11.5 Å². The molecule has 0 radical (unpaired) electrons. The minimum absolute atomic E-state index is 0.102. The minimum Gasteiger partial charge on any atom is -0.490 e. The number of aryl methyl sites for hydroxylation is 1. The lowest BCUT2D eigenvalue weighted by atomic mass is 10.1. The second-order valence-electron chi connectivity index (χ2n) is 8.68. The highest BCUT2D eigenvalue weighted by Crippen LogP contribution is 2.40. The summed E-state index contributed by atoms with van der Waals surface area (Å²) in [5, 5.41) is 1.05. The molecular weight excluding hydrogens is 520 g/mol. The van der Waals surface area contributed by atoms with Crippen LogP contribution in [0.25, 0.3) is 6.08 Å². The highest BCUT2D eigenvalue weighted by Gasteiger charge is 2.33. The van der Waals surface area contributed by atoms with E-state index in [9.17, 15) is 4.79 Å². The van der Waals surface area contributed by atoms with Gasteiger partial charge in [0, 0.05) is 20.3 Å². The number of ether oxygens (including phenoxy) is 3. The van der Waals surface area contributed by atoms with Gasteiger partial charge in [-0.3, -0.25) is 9.69 Å². The Bertz CT molecular complexity index is 1330. The Morgan fingerprint density at radius 3 is 2.61 bits per heavy atom. The number of methoxy groups -OCH3 is 1. The van der Waals surface area contributed by atoms with Crippen molar-refractivity contribution in [2.75, 3.05) is 26.9 Å². The first-order valence-electron chi connectivity index (χ1n) is 12.5. The van der Waals surface area contributed by atoms with E-state index in [1.807, 2.05) is 74.5 Å². The molecule has 0 bridgehead atoms. The number of hydrogen-bond acceptors (Lipinski definition) is 6. The smallest absolute Gasteiger partial charge is 0.266 e. The van der Waals surface area contributed by atoms with Crippen LogP contribution < -0.4 is 9.47 Å². The van der Waals surface area contributed by atoms with Crippen LogP contribution in [0.1, 0.15) is 30.0 Å². The molecule has 1 saturated heterocycles. The molecule has 1 heterocycles. The number of carbonyl (C=O) groups is 1. The zero-order valence-corrected chi connectivity index (χ0v) is 23.3. The molecule has 3 aromatic carbocycles. The fourth-order valence-electron chi connectivity index (χ4n) is 3.95. The van der Waals surface area contributed by atoms with E-state index in [1.165, 1.54) is 11.8 Å². The molecule has 38 heavy (non-hydrogen) atoms. The molecule has 1 aliphatic rings. The number of rotatable bonds is 11. The highest BCUT2D eigenvalue weighted by molar-refractivity contribution is 8.18. The van der Waals surface area contributed by atoms with E-state index in [1.54, 1.807) is 18.1 Å². The van der Waals surface area contributed by atoms with Gasteiger partial charge in [-0.2, -0.15) is 0 Å². The molecule has 0 aliphatic carbocycles. The van der Waals surface area contributed by atoms with Crippen molar-refractivity contribution >= 4 is 46.2 Å². The summed E-state index contributed by atoms with van der Waals surface area (Å²) in [7, 11) is 1.65. The molecule has 3 aromatic rings. The summed E-state index contributed by atoms with van der Waals surface area (Å²) >= 11 is 8.01. The molecule has 0 aromatic heterocycles. The summed E-state index contributed by atoms with van der Waals surface area (Å²) in [5.41, 5.74) is 3.74. The van der Waals surface area contributed by atoms with Crippen LogP contribution in [-0.4, -0.2) is 42.8 Å². The summed E-state index contributed by atoms with van der Waals surface area (Å²) < 4.78 is 17.1. The number of hydrogen-bond donors (Lipinski definition) is 0. The number of nitrogens with zero attached hydrogens (tertiary/aromatic N) is 2. The summed E-state index contributed by atoms with van der Waals surface area (Å²) in [4.78, 5) is 20.4. The first kappa shape index (κ1) is 27.8. The molecular formula is C30H31ClN2O4S. The van der Waals surface area contributed by atoms with Crippen LogP contribution in [0.2, 0.25) is 5.02 Å². The van der Waals surface area contributed by atoms with Crippen molar-refractivity contribution in [1.82, 2.24) is 4.90 Å². The van der Waals surface area contributed by atoms with Gasteiger partial charge in [-0.05, 0) is 73.5 Å². The Kier molecular flexibility index (Phi) is 9.87. The standard InChI is InChI=1S/C30H31ClN2O4S/c1-4-36-26-18-23(17-25(31)28(26)37-20-22-11-8-10-21(2)16-22)19-27-29(34)33(14-9-15-35-3)30(38-27)32-24-12-6-5-7-13-24/h5-8,10-13,16-19H,4,9,14-15,20H2,1-3H3/b27-19-,32-30?. The average molecular weight is 551 g/mol. The van der Waals surface area contributed by atoms with Crippen molar-refractivity contribution < 1.29 is 19.0 Å². The minimum atomic E-state index is -0.102. The summed E-state index contributed by atoms with van der Waals surface area (Å²) in [6.45, 7) is 5.84. The van der Waals surface area contributed by atoms with Gasteiger partial charge in [0.2, 0.25) is 0 Å². The molecule has 0 atom stereocenters. The van der Waals surface area contributed by atoms with Gasteiger partial charge < -0.3 is 14.2 Å². The lowest BCUT2D eigenvalue weighted by Gasteiger charge is -2.15. The van der Waals surface area contributed by atoms with Crippen molar-refractivity contribution in [3.8, 4) is 11.5 Å². The van der Waals surface area contributed by atoms with E-state index in [0.717, 1.165) is 22.4 Å². The molecule has 1 aliphatic heterocycles. The number of amides is 1. The number of halogens is 1. The Hall–Kier alpha value is -3.26. The van der Waals surface area contributed by atoms with Crippen molar-refractivity contribution in [2.45, 2.75) is 26.9 Å². The third kappa shape index (κ3) is 7.19. The third-order valence-electron chi connectivity index (χ3n) is 5.69. The van der Waals surface area contributed by atoms with Crippen LogP contribution in [0, 0.1) is 6.92 Å². The molecule has 4 rings (SSSR count). The van der Waals surface area contributed by atoms with Crippen molar-refractivity contribution in [3.05, 3.63) is 93.3 Å². The maximum absolute atomic E-state index is 13.4. The number of carbonyl (C=O) groups excluding carboxylic acids is 1. The zero-order valence-electron chi connectivity index (χ0n) is 21.8. The predicted octanol–water partition coefficient (Wildman–Crippen LogP) is 7.27. The van der Waals surface area contributed by atoms with E-state index in [4.69, 9.17) is 30.8 Å². The van der Waals surface area contributed by atoms with Crippen LogP contribution >= 0.6 is 23.4 Å². The van der Waals surface area contributed by atoms with E-state index in [-0.39, 0.29) is 5.91 Å². The maximum Gasteiger partial charge on any atom is 0.266 e. The first-order chi connectivity index (χ1) is 18.5. The number of thioether (sulfide) groups is 1. The van der Waals surface area contributed by atoms with Crippen LogP contribution in [0.3, 0.4) is 0 Å². The summed E-state index contributed by atoms with van der Waals surface area (Å²) in [6, 6.07) is 21.4. The number of benzene rings is 3. The third-order valence-corrected chi connectivity index (χ3v) is 6.98. The summed E-state index contributed by atoms with van der Waals surface area (Å²) in [6.07, 6.45) is 2.53. The second kappa shape index (κ2) is 13.5. The van der Waals surface area contributed by atoms with Gasteiger partial charge >= 0.3 is 0 Å². The zero-order chi connectivity index (χ0) is 26.9. The highest BCUT2D eigenvalue weighted by atomic mass is 35.5. The second-order valence-corrected chi connectivity index (χ2v) is 10.1. The SMILES string of the molecule is CCOc1cc(/C=C2\SC(=Nc3ccccc3)N(CCCOC)C2=O)cc(Cl)c1OCc1cccc(C)c1. The Morgan fingerprint density at radius 1 is 1.05 bits per heavy atom. The monoisotopic (exact) mass is 550 g/mol. The number of aliphatic imine (C=N–C) groups is 1. The van der Waals surface area contributed by atoms with Gasteiger partial charge in [0.1, 0.15) is 6.61 Å². The van der Waals surface area contributed by atoms with Gasteiger partial charge in [0.05, 0.1) is 22.2 Å². The van der Waals surface area contributed by atoms with Crippen molar-refractivity contribution in [3.63, 3.8) is 0 Å². The molecule has 198 valence electrons. The molecule has 1 amide bonds. The van der Waals surface area contributed by atoms with E-state index in [2.05, 4.69) is 6.07 Å². The van der Waals surface area contributed by atoms with Gasteiger partial charge in [-0.1, -0.05) is 59.6 Å². The molecule has 8 heteroatoms. The number of para-hydroxylation sites is 1. The largest absolute Gasteiger partial charge is 0.490 e. The lowest BCUT2D eigenvalue weighted by Crippen LogP contribution is -2.30. The number of amidine groups is 1. The topological polar surface area (TPSA) is 60.4 Å². The Morgan fingerprint density at radius 2 is 1.87 bits per heavy atom. The molecule has 6 nitrogen and oxygen atoms in total. The van der Waals surface area contributed by atoms with Gasteiger partial charge in [0.25, 0.3) is 5.91 Å². The molecule has 1 fully saturated rings. The Labute approximate surface area is 233 Å². The van der Waals surface area contributed by atoms with Crippen LogP contribution in [-0.2, 0) is 16.1 Å².